The first-order chi connectivity index (χ1) is 10.1. The van der Waals surface area contributed by atoms with Crippen LogP contribution in [0.2, 0.25) is 0 Å². The van der Waals surface area contributed by atoms with Crippen molar-refractivity contribution in [1.82, 2.24) is 14.5 Å². The van der Waals surface area contributed by atoms with Gasteiger partial charge in [-0.25, -0.2) is 9.97 Å². The number of aromatic nitrogens is 3. The van der Waals surface area contributed by atoms with Gasteiger partial charge in [0.05, 0.1) is 17.5 Å². The summed E-state index contributed by atoms with van der Waals surface area (Å²) in [6.45, 7) is 2.20. The van der Waals surface area contributed by atoms with Gasteiger partial charge in [0.15, 0.2) is 0 Å². The summed E-state index contributed by atoms with van der Waals surface area (Å²) in [4.78, 5) is 20.2. The van der Waals surface area contributed by atoms with Crippen LogP contribution in [0.25, 0.3) is 21.9 Å². The number of esters is 1. The second-order valence-corrected chi connectivity index (χ2v) is 5.34. The van der Waals surface area contributed by atoms with E-state index in [0.29, 0.717) is 18.1 Å². The summed E-state index contributed by atoms with van der Waals surface area (Å²) >= 11 is 3.52. The highest BCUT2D eigenvalue weighted by molar-refractivity contribution is 9.10. The number of benzene rings is 1. The van der Waals surface area contributed by atoms with E-state index >= 15 is 0 Å². The first-order valence-corrected chi connectivity index (χ1v) is 7.25. The lowest BCUT2D eigenvalue weighted by Gasteiger charge is -2.07. The Bertz CT molecular complexity index is 844. The molecule has 2 heterocycles. The Hall–Kier alpha value is -2.15. The first kappa shape index (κ1) is 13.8. The number of anilines is 1. The van der Waals surface area contributed by atoms with Crippen molar-refractivity contribution in [1.29, 1.82) is 0 Å². The summed E-state index contributed by atoms with van der Waals surface area (Å²) in [7, 11) is 0. The molecule has 7 heteroatoms. The summed E-state index contributed by atoms with van der Waals surface area (Å²) in [6.07, 6.45) is 1.39. The van der Waals surface area contributed by atoms with Crippen LogP contribution in [0.3, 0.4) is 0 Å². The number of nitrogen functional groups attached to an aromatic ring is 1. The Balaban J connectivity index is 2.34. The molecule has 0 spiro atoms. The molecule has 0 atom stereocenters. The van der Waals surface area contributed by atoms with Gasteiger partial charge in [-0.15, -0.1) is 0 Å². The number of halogens is 1. The van der Waals surface area contributed by atoms with Crippen molar-refractivity contribution in [3.05, 3.63) is 29.0 Å². The summed E-state index contributed by atoms with van der Waals surface area (Å²) < 4.78 is 7.69. The molecule has 3 rings (SSSR count). The van der Waals surface area contributed by atoms with Crippen molar-refractivity contribution in [3.63, 3.8) is 0 Å². The van der Waals surface area contributed by atoms with Gasteiger partial charge in [-0.3, -0.25) is 4.79 Å². The van der Waals surface area contributed by atoms with Crippen molar-refractivity contribution in [2.75, 3.05) is 12.3 Å². The van der Waals surface area contributed by atoms with E-state index in [1.165, 1.54) is 6.33 Å². The highest BCUT2D eigenvalue weighted by Crippen LogP contribution is 2.34. The maximum absolute atomic E-state index is 11.9. The molecule has 0 aliphatic rings. The molecule has 0 aliphatic carbocycles. The van der Waals surface area contributed by atoms with Gasteiger partial charge < -0.3 is 15.0 Å². The van der Waals surface area contributed by atoms with Gasteiger partial charge in [0.25, 0.3) is 0 Å². The number of rotatable bonds is 3. The zero-order chi connectivity index (χ0) is 15.0. The Kier molecular flexibility index (Phi) is 3.50. The lowest BCUT2D eigenvalue weighted by molar-refractivity contribution is -0.143. The van der Waals surface area contributed by atoms with E-state index in [0.717, 1.165) is 20.8 Å². The minimum atomic E-state index is -0.316. The van der Waals surface area contributed by atoms with Gasteiger partial charge in [-0.05, 0) is 28.9 Å². The third-order valence-corrected chi connectivity index (χ3v) is 3.87. The maximum atomic E-state index is 11.9. The predicted octanol–water partition coefficient (Wildman–Crippen LogP) is 2.49. The number of nitrogens with two attached hydrogens (primary N) is 1. The lowest BCUT2D eigenvalue weighted by Crippen LogP contribution is -2.13. The number of carbonyl (C=O) groups excluding carboxylic acids is 1. The van der Waals surface area contributed by atoms with Crippen LogP contribution in [0.1, 0.15) is 6.92 Å². The molecule has 0 amide bonds. The number of ether oxygens (including phenoxy) is 1. The van der Waals surface area contributed by atoms with Crippen LogP contribution >= 0.6 is 15.9 Å². The van der Waals surface area contributed by atoms with Gasteiger partial charge >= 0.3 is 5.97 Å². The second kappa shape index (κ2) is 5.33. The van der Waals surface area contributed by atoms with E-state index in [1.54, 1.807) is 11.5 Å². The van der Waals surface area contributed by atoms with E-state index in [-0.39, 0.29) is 12.5 Å². The van der Waals surface area contributed by atoms with Crippen molar-refractivity contribution in [2.45, 2.75) is 13.5 Å². The third kappa shape index (κ3) is 2.23. The molecule has 108 valence electrons. The molecule has 6 nitrogen and oxygen atoms in total. The minimum absolute atomic E-state index is 0.0763. The number of hydrogen-bond donors (Lipinski definition) is 1. The smallest absolute Gasteiger partial charge is 0.326 e. The fourth-order valence-electron chi connectivity index (χ4n) is 2.44. The zero-order valence-corrected chi connectivity index (χ0v) is 12.9. The number of nitrogens with zero attached hydrogens (tertiary/aromatic N) is 3. The molecule has 0 saturated heterocycles. The van der Waals surface area contributed by atoms with Crippen LogP contribution in [0.15, 0.2) is 29.0 Å². The van der Waals surface area contributed by atoms with Crippen LogP contribution < -0.4 is 5.73 Å². The Morgan fingerprint density at radius 3 is 3.00 bits per heavy atom. The highest BCUT2D eigenvalue weighted by atomic mass is 79.9. The van der Waals surface area contributed by atoms with E-state index in [2.05, 4.69) is 25.9 Å². The van der Waals surface area contributed by atoms with E-state index in [9.17, 15) is 4.79 Å². The molecule has 0 aliphatic heterocycles. The maximum Gasteiger partial charge on any atom is 0.326 e. The molecule has 0 saturated carbocycles. The van der Waals surface area contributed by atoms with Crippen molar-refractivity contribution in [2.24, 2.45) is 0 Å². The van der Waals surface area contributed by atoms with Crippen LogP contribution in [0, 0.1) is 0 Å². The third-order valence-electron chi connectivity index (χ3n) is 3.23. The summed E-state index contributed by atoms with van der Waals surface area (Å²) in [5.41, 5.74) is 7.46. The fourth-order valence-corrected chi connectivity index (χ4v) is 3.02. The molecule has 0 radical (unpaired) electrons. The fraction of sp³-hybridized carbons (Fsp3) is 0.214. The van der Waals surface area contributed by atoms with E-state index in [1.807, 2.05) is 18.2 Å². The molecule has 0 unspecified atom stereocenters. The summed E-state index contributed by atoms with van der Waals surface area (Å²) in [5.74, 6) is 0.0787. The molecule has 1 aromatic carbocycles. The minimum Gasteiger partial charge on any atom is -0.465 e. The van der Waals surface area contributed by atoms with Gasteiger partial charge in [-0.1, -0.05) is 12.1 Å². The Labute approximate surface area is 129 Å². The molecular weight excluding hydrogens is 336 g/mol. The van der Waals surface area contributed by atoms with Crippen LogP contribution in [-0.4, -0.2) is 27.1 Å². The van der Waals surface area contributed by atoms with Crippen LogP contribution in [0.5, 0.6) is 0 Å². The van der Waals surface area contributed by atoms with Crippen molar-refractivity contribution >= 4 is 49.7 Å². The van der Waals surface area contributed by atoms with Gasteiger partial charge in [-0.2, -0.15) is 0 Å². The zero-order valence-electron chi connectivity index (χ0n) is 11.3. The predicted molar refractivity (Wildman–Crippen MR) is 83.8 cm³/mol. The van der Waals surface area contributed by atoms with Gasteiger partial charge in [0.1, 0.15) is 24.3 Å². The number of hydrogen-bond acceptors (Lipinski definition) is 5. The summed E-state index contributed by atoms with van der Waals surface area (Å²) in [5, 5.41) is 1.65. The molecule has 0 bridgehead atoms. The van der Waals surface area contributed by atoms with E-state index < -0.39 is 0 Å². The first-order valence-electron chi connectivity index (χ1n) is 6.46. The van der Waals surface area contributed by atoms with Crippen molar-refractivity contribution < 1.29 is 9.53 Å². The molecule has 21 heavy (non-hydrogen) atoms. The number of para-hydroxylation sites is 1. The molecular formula is C14H13BrN4O2. The van der Waals surface area contributed by atoms with Gasteiger partial charge in [0.2, 0.25) is 0 Å². The largest absolute Gasteiger partial charge is 0.465 e. The standard InChI is InChI=1S/C14H13BrN4O2/c1-2-21-10(20)6-19-12-8(4-3-5-9(12)15)11-13(16)17-7-18-14(11)19/h3-5,7H,2,6H2,1H3,(H2,16,17,18). The van der Waals surface area contributed by atoms with Crippen LogP contribution in [0.4, 0.5) is 5.82 Å². The second-order valence-electron chi connectivity index (χ2n) is 4.48. The lowest BCUT2D eigenvalue weighted by atomic mass is 10.2. The van der Waals surface area contributed by atoms with E-state index in [4.69, 9.17) is 10.5 Å². The Morgan fingerprint density at radius 1 is 1.43 bits per heavy atom. The quantitative estimate of drug-likeness (QED) is 0.735. The molecule has 2 N–H and O–H groups in total. The average Bonchev–Trinajstić information content (AvgIpc) is 2.76. The topological polar surface area (TPSA) is 83.0 Å². The average molecular weight is 349 g/mol. The Morgan fingerprint density at radius 2 is 2.24 bits per heavy atom. The molecule has 3 aromatic rings. The monoisotopic (exact) mass is 348 g/mol. The number of fused-ring (bicyclic) bond motifs is 3. The molecule has 2 aromatic heterocycles. The highest BCUT2D eigenvalue weighted by Gasteiger charge is 2.18. The normalized spacial score (nSPS) is 11.1. The summed E-state index contributed by atoms with van der Waals surface area (Å²) in [6, 6.07) is 5.75. The SMILES string of the molecule is CCOC(=O)Cn1c2ncnc(N)c2c2cccc(Br)c21. The van der Waals surface area contributed by atoms with Crippen molar-refractivity contribution in [3.8, 4) is 0 Å². The molecule has 0 fully saturated rings. The van der Waals surface area contributed by atoms with Crippen LogP contribution in [-0.2, 0) is 16.1 Å². The number of carbonyl (C=O) groups is 1. The van der Waals surface area contributed by atoms with Gasteiger partial charge in [0, 0.05) is 9.86 Å².